The summed E-state index contributed by atoms with van der Waals surface area (Å²) in [6, 6.07) is 24.7. The molecular weight excluding hydrogens is 538 g/mol. The second kappa shape index (κ2) is 16.5. The Balaban J connectivity index is 1.05. The molecule has 1 aliphatic heterocycles. The van der Waals surface area contributed by atoms with Crippen LogP contribution in [0.15, 0.2) is 78.9 Å². The number of ether oxygens (including phenoxy) is 1. The summed E-state index contributed by atoms with van der Waals surface area (Å²) in [6.45, 7) is 6.63. The van der Waals surface area contributed by atoms with Gasteiger partial charge in [-0.1, -0.05) is 86.3 Å². The second-order valence-corrected chi connectivity index (χ2v) is 12.2. The zero-order valence-electron chi connectivity index (χ0n) is 25.9. The third-order valence-electron chi connectivity index (χ3n) is 8.53. The fourth-order valence-corrected chi connectivity index (χ4v) is 5.79. The molecule has 0 aliphatic carbocycles. The number of likely N-dealkylation sites (N-methyl/N-ethyl adjacent to an activating group) is 1. The summed E-state index contributed by atoms with van der Waals surface area (Å²) >= 11 is 0. The lowest BCUT2D eigenvalue weighted by atomic mass is 9.93. The number of nitrogens with zero attached hydrogens (tertiary/aromatic N) is 2. The highest BCUT2D eigenvalue weighted by Gasteiger charge is 2.33. The fourth-order valence-electron chi connectivity index (χ4n) is 5.79. The van der Waals surface area contributed by atoms with Gasteiger partial charge in [-0.3, -0.25) is 5.32 Å². The van der Waals surface area contributed by atoms with Crippen molar-refractivity contribution in [1.29, 1.82) is 0 Å². The lowest BCUT2D eigenvalue weighted by molar-refractivity contribution is -0.0163. The number of rotatable bonds is 15. The van der Waals surface area contributed by atoms with Crippen molar-refractivity contribution in [2.24, 2.45) is 0 Å². The number of benzene rings is 3. The van der Waals surface area contributed by atoms with Crippen molar-refractivity contribution in [2.45, 2.75) is 70.0 Å². The van der Waals surface area contributed by atoms with Crippen molar-refractivity contribution in [3.8, 4) is 16.9 Å². The molecule has 7 heteroatoms. The molecule has 3 aromatic carbocycles. The average molecular weight is 588 g/mol. The number of nitrogens with one attached hydrogen (secondary N) is 1. The van der Waals surface area contributed by atoms with Gasteiger partial charge in [0.25, 0.3) is 0 Å². The van der Waals surface area contributed by atoms with E-state index in [-0.39, 0.29) is 11.8 Å². The van der Waals surface area contributed by atoms with Gasteiger partial charge in [-0.2, -0.15) is 0 Å². The molecule has 1 saturated heterocycles. The van der Waals surface area contributed by atoms with Gasteiger partial charge < -0.3 is 24.7 Å². The molecule has 1 heterocycles. The van der Waals surface area contributed by atoms with Crippen LogP contribution in [-0.4, -0.2) is 71.5 Å². The number of phenolic OH excluding ortho intramolecular Hbond substituents is 1. The molecule has 1 aliphatic rings. The van der Waals surface area contributed by atoms with E-state index < -0.39 is 11.7 Å². The van der Waals surface area contributed by atoms with Crippen LogP contribution >= 0.6 is 0 Å². The third-order valence-corrected chi connectivity index (χ3v) is 8.53. The van der Waals surface area contributed by atoms with Crippen LogP contribution in [0.2, 0.25) is 0 Å². The van der Waals surface area contributed by atoms with Crippen molar-refractivity contribution in [1.82, 2.24) is 9.80 Å². The number of piperidine rings is 1. The average Bonchev–Trinajstić information content (AvgIpc) is 3.00. The summed E-state index contributed by atoms with van der Waals surface area (Å²) in [6.07, 6.45) is 8.03. The molecular formula is C36H49N3O4. The molecule has 232 valence electrons. The second-order valence-electron chi connectivity index (χ2n) is 12.2. The molecule has 3 N–H and O–H groups in total. The summed E-state index contributed by atoms with van der Waals surface area (Å²) in [4.78, 5) is 17.5. The van der Waals surface area contributed by atoms with Crippen LogP contribution in [0.3, 0.4) is 0 Å². The van der Waals surface area contributed by atoms with Gasteiger partial charge in [0, 0.05) is 25.2 Å². The summed E-state index contributed by atoms with van der Waals surface area (Å²) in [5.74, 6) is 0.219. The van der Waals surface area contributed by atoms with Gasteiger partial charge in [0.1, 0.15) is 11.4 Å². The Morgan fingerprint density at radius 1 is 0.907 bits per heavy atom. The Morgan fingerprint density at radius 2 is 1.53 bits per heavy atom. The number of likely N-dealkylation sites (tertiary alicyclic amines) is 1. The highest BCUT2D eigenvalue weighted by atomic mass is 16.6. The van der Waals surface area contributed by atoms with Gasteiger partial charge >= 0.3 is 6.09 Å². The first-order valence-corrected chi connectivity index (χ1v) is 15.8. The zero-order chi connectivity index (χ0) is 30.5. The van der Waals surface area contributed by atoms with E-state index in [1.54, 1.807) is 24.3 Å². The molecule has 43 heavy (non-hydrogen) atoms. The highest BCUT2D eigenvalue weighted by molar-refractivity contribution is 5.91. The fraction of sp³-hybridized carbons (Fsp3) is 0.472. The topological polar surface area (TPSA) is 85.3 Å². The molecule has 0 saturated carbocycles. The molecule has 1 atom stereocenters. The maximum absolute atomic E-state index is 12.9. The Kier molecular flexibility index (Phi) is 12.4. The van der Waals surface area contributed by atoms with Crippen LogP contribution in [0, 0.1) is 0 Å². The molecule has 1 fully saturated rings. The largest absolute Gasteiger partial charge is 0.508 e. The number of hydrogen-bond acceptors (Lipinski definition) is 6. The van der Waals surface area contributed by atoms with Crippen molar-refractivity contribution in [3.63, 3.8) is 0 Å². The Bertz CT molecular complexity index is 1240. The standard InChI is InChI=1S/C36H49N3O4/c1-36(43-35(42)37-33-17-11-10-16-32(33)29-14-8-7-9-15-29)22-26-39(27-23-36)25-13-6-4-3-5-12-24-38(2)28-34(41)30-18-20-31(40)21-19-30/h7-11,14-21,34,40-41H,3-6,12-13,22-28H2,1-2H3,(H,37,42). The SMILES string of the molecule is CN(CCCCCCCCN1CCC(C)(OC(=O)Nc2ccccc2-c2ccccc2)CC1)CC(O)c1ccc(O)cc1. The molecule has 1 unspecified atom stereocenters. The number of aliphatic hydroxyl groups excluding tert-OH is 1. The number of aromatic hydroxyl groups is 1. The first-order chi connectivity index (χ1) is 20.8. The third kappa shape index (κ3) is 10.7. The van der Waals surface area contributed by atoms with Crippen molar-refractivity contribution in [3.05, 3.63) is 84.4 Å². The molecule has 1 amide bonds. The number of unbranched alkanes of at least 4 members (excludes halogenated alkanes) is 5. The first-order valence-electron chi connectivity index (χ1n) is 15.8. The van der Waals surface area contributed by atoms with E-state index in [4.69, 9.17) is 4.74 Å². The number of hydrogen-bond donors (Lipinski definition) is 3. The summed E-state index contributed by atoms with van der Waals surface area (Å²) < 4.78 is 5.96. The van der Waals surface area contributed by atoms with E-state index in [9.17, 15) is 15.0 Å². The number of anilines is 1. The molecule has 0 bridgehead atoms. The normalized spacial score (nSPS) is 15.7. The molecule has 7 nitrogen and oxygen atoms in total. The quantitative estimate of drug-likeness (QED) is 0.160. The van der Waals surface area contributed by atoms with Crippen LogP contribution < -0.4 is 5.32 Å². The predicted octanol–water partition coefficient (Wildman–Crippen LogP) is 7.47. The number of phenols is 1. The van der Waals surface area contributed by atoms with Crippen LogP contribution in [-0.2, 0) is 4.74 Å². The molecule has 0 aromatic heterocycles. The van der Waals surface area contributed by atoms with Gasteiger partial charge in [-0.25, -0.2) is 4.79 Å². The van der Waals surface area contributed by atoms with Gasteiger partial charge in [0.15, 0.2) is 0 Å². The smallest absolute Gasteiger partial charge is 0.412 e. The number of para-hydroxylation sites is 1. The summed E-state index contributed by atoms with van der Waals surface area (Å²) in [5.41, 5.74) is 3.19. The summed E-state index contributed by atoms with van der Waals surface area (Å²) in [7, 11) is 2.05. The van der Waals surface area contributed by atoms with Crippen molar-refractivity contribution in [2.75, 3.05) is 45.1 Å². The van der Waals surface area contributed by atoms with E-state index in [0.29, 0.717) is 6.54 Å². The Hall–Kier alpha value is -3.39. The predicted molar refractivity (Wildman–Crippen MR) is 174 cm³/mol. The lowest BCUT2D eigenvalue weighted by Gasteiger charge is -2.38. The highest BCUT2D eigenvalue weighted by Crippen LogP contribution is 2.30. The van der Waals surface area contributed by atoms with Crippen LogP contribution in [0.1, 0.15) is 70.0 Å². The van der Waals surface area contributed by atoms with Crippen LogP contribution in [0.5, 0.6) is 5.75 Å². The van der Waals surface area contributed by atoms with Gasteiger partial charge in [0.2, 0.25) is 0 Å². The lowest BCUT2D eigenvalue weighted by Crippen LogP contribution is -2.46. The van der Waals surface area contributed by atoms with Gasteiger partial charge in [-0.05, 0) is 82.1 Å². The van der Waals surface area contributed by atoms with Gasteiger partial charge in [-0.15, -0.1) is 0 Å². The molecule has 4 rings (SSSR count). The van der Waals surface area contributed by atoms with E-state index in [1.165, 1.54) is 32.1 Å². The maximum Gasteiger partial charge on any atom is 0.412 e. The van der Waals surface area contributed by atoms with Crippen LogP contribution in [0.4, 0.5) is 10.5 Å². The number of amides is 1. The zero-order valence-corrected chi connectivity index (χ0v) is 25.9. The minimum atomic E-state index is -0.538. The number of aliphatic hydroxyl groups is 1. The van der Waals surface area contributed by atoms with Crippen molar-refractivity contribution >= 4 is 11.8 Å². The Morgan fingerprint density at radius 3 is 2.26 bits per heavy atom. The number of carbonyl (C=O) groups excluding carboxylic acids is 1. The van der Waals surface area contributed by atoms with E-state index in [2.05, 4.69) is 29.1 Å². The first kappa shape index (κ1) is 32.5. The van der Waals surface area contributed by atoms with E-state index >= 15 is 0 Å². The molecule has 0 radical (unpaired) electrons. The van der Waals surface area contributed by atoms with Crippen LogP contribution in [0.25, 0.3) is 11.1 Å². The van der Waals surface area contributed by atoms with Crippen molar-refractivity contribution < 1.29 is 19.7 Å². The van der Waals surface area contributed by atoms with E-state index in [0.717, 1.165) is 67.8 Å². The Labute approximate surface area is 257 Å². The monoisotopic (exact) mass is 587 g/mol. The molecule has 0 spiro atoms. The minimum absolute atomic E-state index is 0.219. The molecule has 3 aromatic rings. The van der Waals surface area contributed by atoms with E-state index in [1.807, 2.05) is 54.6 Å². The minimum Gasteiger partial charge on any atom is -0.508 e. The van der Waals surface area contributed by atoms with Gasteiger partial charge in [0.05, 0.1) is 11.8 Å². The summed E-state index contributed by atoms with van der Waals surface area (Å²) in [5, 5.41) is 22.8. The number of carbonyl (C=O) groups is 1. The maximum atomic E-state index is 12.9.